The van der Waals surface area contributed by atoms with Crippen LogP contribution in [0.15, 0.2) is 41.9 Å². The summed E-state index contributed by atoms with van der Waals surface area (Å²) in [6.45, 7) is 3.62. The van der Waals surface area contributed by atoms with Gasteiger partial charge in [0.2, 0.25) is 10.0 Å². The highest BCUT2D eigenvalue weighted by atomic mass is 32.2. The van der Waals surface area contributed by atoms with E-state index in [2.05, 4.69) is 17.2 Å². The number of benzene rings is 1. The number of hydrogen-bond donors (Lipinski definition) is 3. The number of nitrogens with one attached hydrogen (secondary N) is 2. The van der Waals surface area contributed by atoms with Crippen molar-refractivity contribution in [1.82, 2.24) is 10.6 Å². The average Bonchev–Trinajstić information content (AvgIpc) is 2.26. The second kappa shape index (κ2) is 5.46. The molecule has 6 nitrogen and oxygen atoms in total. The molecule has 0 unspecified atom stereocenters. The van der Waals surface area contributed by atoms with Gasteiger partial charge in [0.1, 0.15) is 0 Å². The van der Waals surface area contributed by atoms with Gasteiger partial charge < -0.3 is 10.6 Å². The first kappa shape index (κ1) is 13.2. The van der Waals surface area contributed by atoms with E-state index in [1.807, 2.05) is 0 Å². The second-order valence-electron chi connectivity index (χ2n) is 3.22. The number of sulfonamides is 1. The molecule has 0 spiro atoms. The largest absolute Gasteiger partial charge is 0.334 e. The molecule has 17 heavy (non-hydrogen) atoms. The van der Waals surface area contributed by atoms with Crippen LogP contribution in [-0.4, -0.2) is 14.4 Å². The first-order valence-electron chi connectivity index (χ1n) is 4.70. The minimum atomic E-state index is -3.67. The maximum atomic E-state index is 11.0. The van der Waals surface area contributed by atoms with Gasteiger partial charge in [0, 0.05) is 6.54 Å². The number of nitrogens with two attached hydrogens (primary N) is 1. The van der Waals surface area contributed by atoms with Gasteiger partial charge in [-0.1, -0.05) is 18.7 Å². The van der Waals surface area contributed by atoms with Crippen molar-refractivity contribution in [3.8, 4) is 0 Å². The summed E-state index contributed by atoms with van der Waals surface area (Å²) < 4.78 is 22.0. The molecule has 0 aliphatic carbocycles. The van der Waals surface area contributed by atoms with Crippen molar-refractivity contribution in [3.05, 3.63) is 42.6 Å². The third kappa shape index (κ3) is 4.25. The molecule has 4 N–H and O–H groups in total. The number of urea groups is 1. The van der Waals surface area contributed by atoms with Crippen LogP contribution in [0.25, 0.3) is 0 Å². The first-order valence-corrected chi connectivity index (χ1v) is 6.25. The molecule has 0 atom stereocenters. The lowest BCUT2D eigenvalue weighted by Crippen LogP contribution is -2.31. The first-order chi connectivity index (χ1) is 7.93. The zero-order chi connectivity index (χ0) is 12.9. The van der Waals surface area contributed by atoms with E-state index in [4.69, 9.17) is 5.14 Å². The molecule has 2 amide bonds. The molecular weight excluding hydrogens is 242 g/mol. The number of primary sulfonamides is 1. The summed E-state index contributed by atoms with van der Waals surface area (Å²) in [5.74, 6) is 0. The molecule has 0 radical (unpaired) electrons. The summed E-state index contributed by atoms with van der Waals surface area (Å²) in [6, 6.07) is 5.55. The maximum absolute atomic E-state index is 11.0. The van der Waals surface area contributed by atoms with Gasteiger partial charge in [-0.05, 0) is 23.9 Å². The van der Waals surface area contributed by atoms with Crippen LogP contribution in [0.1, 0.15) is 5.56 Å². The van der Waals surface area contributed by atoms with Crippen molar-refractivity contribution in [2.24, 2.45) is 5.14 Å². The van der Waals surface area contributed by atoms with Crippen LogP contribution < -0.4 is 15.8 Å². The van der Waals surface area contributed by atoms with E-state index in [1.54, 1.807) is 12.1 Å². The Morgan fingerprint density at radius 3 is 2.41 bits per heavy atom. The van der Waals surface area contributed by atoms with E-state index < -0.39 is 10.0 Å². The van der Waals surface area contributed by atoms with Crippen LogP contribution in [0, 0.1) is 0 Å². The highest BCUT2D eigenvalue weighted by molar-refractivity contribution is 7.89. The lowest BCUT2D eigenvalue weighted by molar-refractivity contribution is 0.244. The zero-order valence-electron chi connectivity index (χ0n) is 9.01. The molecule has 0 aliphatic heterocycles. The molecule has 0 saturated heterocycles. The molecule has 1 aromatic carbocycles. The normalized spacial score (nSPS) is 10.6. The highest BCUT2D eigenvalue weighted by Crippen LogP contribution is 2.08. The number of carbonyl (C=O) groups excluding carboxylic acids is 1. The van der Waals surface area contributed by atoms with Gasteiger partial charge >= 0.3 is 6.03 Å². The highest BCUT2D eigenvalue weighted by Gasteiger charge is 2.06. The average molecular weight is 255 g/mol. The number of carbonyl (C=O) groups is 1. The molecule has 0 saturated carbocycles. The van der Waals surface area contributed by atoms with E-state index in [-0.39, 0.29) is 17.5 Å². The quantitative estimate of drug-likeness (QED) is 0.720. The third-order valence-corrected chi connectivity index (χ3v) is 2.87. The van der Waals surface area contributed by atoms with E-state index in [9.17, 15) is 13.2 Å². The Hall–Kier alpha value is -1.86. The Labute approximate surface area is 99.6 Å². The van der Waals surface area contributed by atoms with Crippen LogP contribution in [0.4, 0.5) is 4.79 Å². The summed E-state index contributed by atoms with van der Waals surface area (Å²) in [4.78, 5) is 11.1. The topological polar surface area (TPSA) is 101 Å². The minimum absolute atomic E-state index is 0.0387. The summed E-state index contributed by atoms with van der Waals surface area (Å²) >= 11 is 0. The zero-order valence-corrected chi connectivity index (χ0v) is 9.83. The standard InChI is InChI=1S/C10H13N3O3S/c1-2-12-10(14)13-7-8-3-5-9(6-4-8)17(11,15)16/h2-6H,1,7H2,(H2,11,15,16)(H2,12,13,14). The Morgan fingerprint density at radius 1 is 1.35 bits per heavy atom. The van der Waals surface area contributed by atoms with E-state index in [0.29, 0.717) is 0 Å². The summed E-state index contributed by atoms with van der Waals surface area (Å²) in [7, 11) is -3.67. The summed E-state index contributed by atoms with van der Waals surface area (Å²) in [5.41, 5.74) is 0.761. The minimum Gasteiger partial charge on any atom is -0.334 e. The Morgan fingerprint density at radius 2 is 1.94 bits per heavy atom. The molecule has 7 heteroatoms. The smallest absolute Gasteiger partial charge is 0.319 e. The molecule has 1 rings (SSSR count). The Balaban J connectivity index is 2.63. The van der Waals surface area contributed by atoms with Crippen molar-refractivity contribution < 1.29 is 13.2 Å². The van der Waals surface area contributed by atoms with Gasteiger partial charge in [0.15, 0.2) is 0 Å². The molecule has 1 aromatic rings. The molecule has 92 valence electrons. The predicted molar refractivity (Wildman–Crippen MR) is 63.4 cm³/mol. The van der Waals surface area contributed by atoms with E-state index >= 15 is 0 Å². The van der Waals surface area contributed by atoms with Crippen LogP contribution in [0.5, 0.6) is 0 Å². The van der Waals surface area contributed by atoms with E-state index in [0.717, 1.165) is 5.56 Å². The Bertz CT molecular complexity index is 508. The van der Waals surface area contributed by atoms with Crippen molar-refractivity contribution in [1.29, 1.82) is 0 Å². The lowest BCUT2D eigenvalue weighted by Gasteiger charge is -2.05. The van der Waals surface area contributed by atoms with Gasteiger partial charge in [-0.3, -0.25) is 0 Å². The second-order valence-corrected chi connectivity index (χ2v) is 4.78. The number of rotatable bonds is 4. The monoisotopic (exact) mass is 255 g/mol. The van der Waals surface area contributed by atoms with Gasteiger partial charge in [-0.2, -0.15) is 0 Å². The third-order valence-electron chi connectivity index (χ3n) is 1.94. The lowest BCUT2D eigenvalue weighted by atomic mass is 10.2. The van der Waals surface area contributed by atoms with Gasteiger partial charge in [-0.25, -0.2) is 18.4 Å². The van der Waals surface area contributed by atoms with Gasteiger partial charge in [0.05, 0.1) is 4.90 Å². The number of hydrogen-bond acceptors (Lipinski definition) is 3. The van der Waals surface area contributed by atoms with E-state index in [1.165, 1.54) is 18.3 Å². The number of amides is 2. The molecule has 0 bridgehead atoms. The molecular formula is C10H13N3O3S. The molecule has 0 aromatic heterocycles. The van der Waals surface area contributed by atoms with Gasteiger partial charge in [-0.15, -0.1) is 0 Å². The maximum Gasteiger partial charge on any atom is 0.319 e. The van der Waals surface area contributed by atoms with Crippen molar-refractivity contribution >= 4 is 16.1 Å². The SMILES string of the molecule is C=CNC(=O)NCc1ccc(S(N)(=O)=O)cc1. The molecule has 0 fully saturated rings. The molecule has 0 aliphatic rings. The van der Waals surface area contributed by atoms with Crippen LogP contribution >= 0.6 is 0 Å². The van der Waals surface area contributed by atoms with Gasteiger partial charge in [0.25, 0.3) is 0 Å². The van der Waals surface area contributed by atoms with Crippen LogP contribution in [0.2, 0.25) is 0 Å². The van der Waals surface area contributed by atoms with Crippen LogP contribution in [-0.2, 0) is 16.6 Å². The fraction of sp³-hybridized carbons (Fsp3) is 0.100. The summed E-state index contributed by atoms with van der Waals surface area (Å²) in [5, 5.41) is 9.86. The summed E-state index contributed by atoms with van der Waals surface area (Å²) in [6.07, 6.45) is 1.26. The van der Waals surface area contributed by atoms with Crippen molar-refractivity contribution in [3.63, 3.8) is 0 Å². The fourth-order valence-electron chi connectivity index (χ4n) is 1.12. The molecule has 0 heterocycles. The van der Waals surface area contributed by atoms with Crippen molar-refractivity contribution in [2.75, 3.05) is 0 Å². The van der Waals surface area contributed by atoms with Crippen molar-refractivity contribution in [2.45, 2.75) is 11.4 Å². The Kier molecular flexibility index (Phi) is 4.24. The predicted octanol–water partition coefficient (Wildman–Crippen LogP) is 0.277. The fourth-order valence-corrected chi connectivity index (χ4v) is 1.64. The van der Waals surface area contributed by atoms with Crippen LogP contribution in [0.3, 0.4) is 0 Å².